The molecule has 1 saturated carbocycles. The smallest absolute Gasteiger partial charge is 0.338 e. The molecule has 2 rings (SSSR count). The van der Waals surface area contributed by atoms with Crippen LogP contribution in [0.5, 0.6) is 0 Å². The lowest BCUT2D eigenvalue weighted by molar-refractivity contribution is -0.134. The first-order valence-electron chi connectivity index (χ1n) is 8.90. The Kier molecular flexibility index (Phi) is 6.56. The molecule has 0 heterocycles. The first-order valence-corrected chi connectivity index (χ1v) is 8.90. The molecule has 1 aliphatic carbocycles. The molecule has 1 aliphatic rings. The minimum Gasteiger partial charge on any atom is -0.462 e. The van der Waals surface area contributed by atoms with Crippen molar-refractivity contribution in [1.29, 1.82) is 0 Å². The molecule has 6 nitrogen and oxygen atoms in total. The summed E-state index contributed by atoms with van der Waals surface area (Å²) in [6.45, 7) is 4.77. The molecule has 0 spiro atoms. The second-order valence-corrected chi connectivity index (χ2v) is 6.30. The van der Waals surface area contributed by atoms with E-state index < -0.39 is 11.4 Å². The van der Waals surface area contributed by atoms with Gasteiger partial charge in [0.2, 0.25) is 11.8 Å². The minimum atomic E-state index is -0.938. The third-order valence-corrected chi connectivity index (χ3v) is 4.34. The van der Waals surface area contributed by atoms with Crippen LogP contribution in [0.25, 0.3) is 0 Å². The third kappa shape index (κ3) is 4.81. The Balaban J connectivity index is 1.90. The number of carbonyl (C=O) groups is 3. The Hall–Kier alpha value is -2.37. The molecule has 0 aromatic heterocycles. The first kappa shape index (κ1) is 19.0. The molecular formula is C19H26N2O4. The van der Waals surface area contributed by atoms with Gasteiger partial charge in [-0.3, -0.25) is 9.59 Å². The molecule has 1 fully saturated rings. The summed E-state index contributed by atoms with van der Waals surface area (Å²) in [5, 5.41) is 5.64. The predicted octanol–water partition coefficient (Wildman–Crippen LogP) is 2.89. The molecule has 1 aromatic carbocycles. The van der Waals surface area contributed by atoms with Crippen molar-refractivity contribution in [2.24, 2.45) is 5.41 Å². The maximum Gasteiger partial charge on any atom is 0.338 e. The van der Waals surface area contributed by atoms with Crippen LogP contribution in [0, 0.1) is 5.41 Å². The summed E-state index contributed by atoms with van der Waals surface area (Å²) < 4.78 is 4.92. The van der Waals surface area contributed by atoms with E-state index in [-0.39, 0.29) is 11.8 Å². The Labute approximate surface area is 148 Å². The van der Waals surface area contributed by atoms with Crippen molar-refractivity contribution in [3.63, 3.8) is 0 Å². The highest BCUT2D eigenvalue weighted by molar-refractivity contribution is 6.13. The van der Waals surface area contributed by atoms with Crippen LogP contribution in [0.1, 0.15) is 56.3 Å². The number of hydrogen-bond acceptors (Lipinski definition) is 4. The Morgan fingerprint density at radius 1 is 1.04 bits per heavy atom. The van der Waals surface area contributed by atoms with Gasteiger partial charge in [-0.1, -0.05) is 19.8 Å². The number of rotatable bonds is 9. The molecule has 1 aromatic rings. The van der Waals surface area contributed by atoms with Crippen LogP contribution in [-0.2, 0) is 14.3 Å². The SMILES string of the molecule is CCCCCNC(=O)C1(C(=O)Nc2ccc(C(=O)OCC)cc2)CC1. The van der Waals surface area contributed by atoms with Crippen molar-refractivity contribution in [3.05, 3.63) is 29.8 Å². The van der Waals surface area contributed by atoms with E-state index in [4.69, 9.17) is 4.74 Å². The van der Waals surface area contributed by atoms with Gasteiger partial charge < -0.3 is 15.4 Å². The van der Waals surface area contributed by atoms with Gasteiger partial charge in [-0.05, 0) is 50.5 Å². The lowest BCUT2D eigenvalue weighted by Gasteiger charge is -2.15. The van der Waals surface area contributed by atoms with Gasteiger partial charge in [0.1, 0.15) is 5.41 Å². The van der Waals surface area contributed by atoms with E-state index in [2.05, 4.69) is 17.6 Å². The van der Waals surface area contributed by atoms with E-state index in [0.717, 1.165) is 19.3 Å². The molecule has 136 valence electrons. The van der Waals surface area contributed by atoms with Gasteiger partial charge in [0, 0.05) is 12.2 Å². The summed E-state index contributed by atoms with van der Waals surface area (Å²) >= 11 is 0. The van der Waals surface area contributed by atoms with Gasteiger partial charge in [-0.2, -0.15) is 0 Å². The number of hydrogen-bond donors (Lipinski definition) is 2. The molecule has 6 heteroatoms. The Morgan fingerprint density at radius 3 is 2.28 bits per heavy atom. The summed E-state index contributed by atoms with van der Waals surface area (Å²) in [4.78, 5) is 36.4. The Morgan fingerprint density at radius 2 is 1.72 bits per heavy atom. The van der Waals surface area contributed by atoms with Crippen molar-refractivity contribution in [2.75, 3.05) is 18.5 Å². The number of amides is 2. The van der Waals surface area contributed by atoms with Gasteiger partial charge in [-0.15, -0.1) is 0 Å². The minimum absolute atomic E-state index is 0.191. The van der Waals surface area contributed by atoms with E-state index in [0.29, 0.717) is 37.2 Å². The van der Waals surface area contributed by atoms with Crippen LogP contribution >= 0.6 is 0 Å². The fraction of sp³-hybridized carbons (Fsp3) is 0.526. The fourth-order valence-electron chi connectivity index (χ4n) is 2.58. The van der Waals surface area contributed by atoms with E-state index >= 15 is 0 Å². The van der Waals surface area contributed by atoms with Crippen molar-refractivity contribution in [1.82, 2.24) is 5.32 Å². The number of esters is 1. The van der Waals surface area contributed by atoms with Crippen molar-refractivity contribution >= 4 is 23.5 Å². The highest BCUT2D eigenvalue weighted by Crippen LogP contribution is 2.46. The summed E-state index contributed by atoms with van der Waals surface area (Å²) in [5.74, 6) is -0.876. The number of carbonyl (C=O) groups excluding carboxylic acids is 3. The predicted molar refractivity (Wildman–Crippen MR) is 95.2 cm³/mol. The van der Waals surface area contributed by atoms with Gasteiger partial charge >= 0.3 is 5.97 Å². The molecule has 0 radical (unpaired) electrons. The molecule has 0 bridgehead atoms. The zero-order valence-corrected chi connectivity index (χ0v) is 14.9. The van der Waals surface area contributed by atoms with Gasteiger partial charge in [-0.25, -0.2) is 4.79 Å². The molecule has 2 amide bonds. The van der Waals surface area contributed by atoms with E-state index in [1.54, 1.807) is 31.2 Å². The number of unbranched alkanes of at least 4 members (excludes halogenated alkanes) is 2. The highest BCUT2D eigenvalue weighted by atomic mass is 16.5. The van der Waals surface area contributed by atoms with Crippen molar-refractivity contribution in [2.45, 2.75) is 46.0 Å². The maximum absolute atomic E-state index is 12.5. The first-order chi connectivity index (χ1) is 12.0. The third-order valence-electron chi connectivity index (χ3n) is 4.34. The van der Waals surface area contributed by atoms with E-state index in [1.807, 2.05) is 0 Å². The average Bonchev–Trinajstić information content (AvgIpc) is 3.41. The molecule has 0 unspecified atom stereocenters. The molecule has 0 saturated heterocycles. The zero-order valence-electron chi connectivity index (χ0n) is 14.9. The highest BCUT2D eigenvalue weighted by Gasteiger charge is 2.56. The van der Waals surface area contributed by atoms with Crippen LogP contribution in [-0.4, -0.2) is 30.9 Å². The lowest BCUT2D eigenvalue weighted by atomic mass is 10.0. The average molecular weight is 346 g/mol. The number of benzene rings is 1. The largest absolute Gasteiger partial charge is 0.462 e. The lowest BCUT2D eigenvalue weighted by Crippen LogP contribution is -2.40. The number of nitrogens with one attached hydrogen (secondary N) is 2. The molecule has 0 atom stereocenters. The zero-order chi connectivity index (χ0) is 18.3. The second-order valence-electron chi connectivity index (χ2n) is 6.30. The fourth-order valence-corrected chi connectivity index (χ4v) is 2.58. The normalized spacial score (nSPS) is 14.5. The summed E-state index contributed by atoms with van der Waals surface area (Å²) in [5.41, 5.74) is 0.0456. The van der Waals surface area contributed by atoms with Crippen LogP contribution in [0.2, 0.25) is 0 Å². The van der Waals surface area contributed by atoms with Crippen LogP contribution < -0.4 is 10.6 Å². The quantitative estimate of drug-likeness (QED) is 0.409. The van der Waals surface area contributed by atoms with Gasteiger partial charge in [0.15, 0.2) is 0 Å². The molecule has 2 N–H and O–H groups in total. The van der Waals surface area contributed by atoms with Gasteiger partial charge in [0.05, 0.1) is 12.2 Å². The van der Waals surface area contributed by atoms with Crippen LogP contribution in [0.15, 0.2) is 24.3 Å². The van der Waals surface area contributed by atoms with Crippen molar-refractivity contribution in [3.8, 4) is 0 Å². The standard InChI is InChI=1S/C19H26N2O4/c1-3-5-6-13-20-17(23)19(11-12-19)18(24)21-15-9-7-14(8-10-15)16(22)25-4-2/h7-10H,3-6,11-13H2,1-2H3,(H,20,23)(H,21,24). The van der Waals surface area contributed by atoms with E-state index in [9.17, 15) is 14.4 Å². The van der Waals surface area contributed by atoms with Crippen LogP contribution in [0.3, 0.4) is 0 Å². The molecular weight excluding hydrogens is 320 g/mol. The van der Waals surface area contributed by atoms with E-state index in [1.165, 1.54) is 0 Å². The topological polar surface area (TPSA) is 84.5 Å². The second kappa shape index (κ2) is 8.65. The molecule has 25 heavy (non-hydrogen) atoms. The number of ether oxygens (including phenoxy) is 1. The summed E-state index contributed by atoms with van der Waals surface area (Å²) in [6, 6.07) is 6.47. The summed E-state index contributed by atoms with van der Waals surface area (Å²) in [7, 11) is 0. The Bertz CT molecular complexity index is 621. The van der Waals surface area contributed by atoms with Crippen LogP contribution in [0.4, 0.5) is 5.69 Å². The van der Waals surface area contributed by atoms with Crippen molar-refractivity contribution < 1.29 is 19.1 Å². The number of anilines is 1. The van der Waals surface area contributed by atoms with Gasteiger partial charge in [0.25, 0.3) is 0 Å². The maximum atomic E-state index is 12.5. The monoisotopic (exact) mass is 346 g/mol. The molecule has 0 aliphatic heterocycles. The summed E-state index contributed by atoms with van der Waals surface area (Å²) in [6.07, 6.45) is 4.21.